The van der Waals surface area contributed by atoms with Crippen LogP contribution in [0.2, 0.25) is 0 Å². The molecule has 32 heavy (non-hydrogen) atoms. The topological polar surface area (TPSA) is 42.3 Å². The normalized spacial score (nSPS) is 17.9. The van der Waals surface area contributed by atoms with Gasteiger partial charge in [-0.25, -0.2) is 4.39 Å². The van der Waals surface area contributed by atoms with E-state index in [0.717, 1.165) is 28.5 Å². The van der Waals surface area contributed by atoms with Crippen LogP contribution in [0.5, 0.6) is 5.75 Å². The Balaban J connectivity index is 1.68. The summed E-state index contributed by atoms with van der Waals surface area (Å²) in [7, 11) is 1.65. The first-order valence-corrected chi connectivity index (χ1v) is 10.6. The highest BCUT2D eigenvalue weighted by molar-refractivity contribution is 7.80. The minimum atomic E-state index is -0.270. The van der Waals surface area contributed by atoms with Gasteiger partial charge in [-0.15, -0.1) is 0 Å². The zero-order valence-electron chi connectivity index (χ0n) is 17.4. The fourth-order valence-corrected chi connectivity index (χ4v) is 4.55. The maximum atomic E-state index is 13.6. The van der Waals surface area contributed by atoms with Crippen LogP contribution in [0.4, 0.5) is 10.1 Å². The van der Waals surface area contributed by atoms with E-state index in [1.54, 1.807) is 25.4 Å². The molecular formula is C25H21FN4OS. The molecule has 3 heterocycles. The quantitative estimate of drug-likeness (QED) is 0.429. The molecule has 0 radical (unpaired) electrons. The number of ether oxygens (including phenoxy) is 1. The van der Waals surface area contributed by atoms with E-state index in [9.17, 15) is 4.39 Å². The van der Waals surface area contributed by atoms with Crippen molar-refractivity contribution in [1.29, 1.82) is 0 Å². The maximum absolute atomic E-state index is 13.6. The zero-order chi connectivity index (χ0) is 22.1. The summed E-state index contributed by atoms with van der Waals surface area (Å²) in [4.78, 5) is 6.67. The molecule has 0 bridgehead atoms. The Morgan fingerprint density at radius 3 is 2.50 bits per heavy atom. The summed E-state index contributed by atoms with van der Waals surface area (Å²) >= 11 is 5.81. The number of aromatic nitrogens is 2. The van der Waals surface area contributed by atoms with Crippen molar-refractivity contribution in [2.24, 2.45) is 0 Å². The fraction of sp³-hybridized carbons (Fsp3) is 0.120. The van der Waals surface area contributed by atoms with Gasteiger partial charge in [0.2, 0.25) is 0 Å². The largest absolute Gasteiger partial charge is 0.495 e. The van der Waals surface area contributed by atoms with Crippen LogP contribution in [-0.2, 0) is 0 Å². The molecule has 0 unspecified atom stereocenters. The minimum Gasteiger partial charge on any atom is -0.495 e. The van der Waals surface area contributed by atoms with Crippen LogP contribution >= 0.6 is 12.2 Å². The van der Waals surface area contributed by atoms with E-state index in [4.69, 9.17) is 17.0 Å². The molecule has 0 aliphatic carbocycles. The molecule has 5 nitrogen and oxygen atoms in total. The standard InChI is InChI=1S/C25H21FN4OS/c1-31-22-10-3-2-8-20(22)30-24(23(28-25(30)32)19-7-4-5-15-27-19)21-9-6-16-29(21)18-13-11-17(26)12-14-18/h2-16,23-24H,1H3,(H,28,32)/t23-,24-/m1/s1. The number of hydrogen-bond donors (Lipinski definition) is 1. The van der Waals surface area contributed by atoms with Gasteiger partial charge in [0.15, 0.2) is 5.11 Å². The van der Waals surface area contributed by atoms with E-state index < -0.39 is 0 Å². The summed E-state index contributed by atoms with van der Waals surface area (Å²) in [6, 6.07) is 23.7. The molecule has 4 aromatic rings. The maximum Gasteiger partial charge on any atom is 0.174 e. The lowest BCUT2D eigenvalue weighted by Crippen LogP contribution is -2.30. The van der Waals surface area contributed by atoms with Crippen molar-refractivity contribution in [3.63, 3.8) is 0 Å². The molecule has 2 aromatic carbocycles. The van der Waals surface area contributed by atoms with Gasteiger partial charge in [-0.3, -0.25) is 4.98 Å². The average Bonchev–Trinajstić information content (AvgIpc) is 3.44. The minimum absolute atomic E-state index is 0.192. The number of anilines is 1. The lowest BCUT2D eigenvalue weighted by atomic mass is 10.0. The summed E-state index contributed by atoms with van der Waals surface area (Å²) < 4.78 is 21.3. The summed E-state index contributed by atoms with van der Waals surface area (Å²) in [5, 5.41) is 4.05. The number of benzene rings is 2. The molecule has 1 fully saturated rings. The number of hydrogen-bond acceptors (Lipinski definition) is 3. The Morgan fingerprint density at radius 1 is 0.969 bits per heavy atom. The molecular weight excluding hydrogens is 423 g/mol. The number of pyridine rings is 1. The van der Waals surface area contributed by atoms with Gasteiger partial charge < -0.3 is 19.5 Å². The second kappa shape index (κ2) is 8.43. The Hall–Kier alpha value is -3.71. The van der Waals surface area contributed by atoms with Crippen molar-refractivity contribution in [1.82, 2.24) is 14.9 Å². The predicted octanol–water partition coefficient (Wildman–Crippen LogP) is 5.20. The first-order chi connectivity index (χ1) is 15.7. The first kappa shape index (κ1) is 20.2. The predicted molar refractivity (Wildman–Crippen MR) is 127 cm³/mol. The van der Waals surface area contributed by atoms with E-state index in [-0.39, 0.29) is 17.9 Å². The highest BCUT2D eigenvalue weighted by Gasteiger charge is 2.43. The van der Waals surface area contributed by atoms with Crippen LogP contribution in [0.1, 0.15) is 23.5 Å². The number of nitrogens with one attached hydrogen (secondary N) is 1. The highest BCUT2D eigenvalue weighted by atomic mass is 32.1. The van der Waals surface area contributed by atoms with Crippen molar-refractivity contribution >= 4 is 23.0 Å². The van der Waals surface area contributed by atoms with Gasteiger partial charge in [0, 0.05) is 23.8 Å². The van der Waals surface area contributed by atoms with Gasteiger partial charge in [-0.1, -0.05) is 18.2 Å². The van der Waals surface area contributed by atoms with Crippen LogP contribution < -0.4 is 15.0 Å². The van der Waals surface area contributed by atoms with Crippen molar-refractivity contribution in [2.45, 2.75) is 12.1 Å². The Kier molecular flexibility index (Phi) is 5.33. The molecule has 7 heteroatoms. The van der Waals surface area contributed by atoms with E-state index >= 15 is 0 Å². The molecule has 1 aliphatic heterocycles. The third-order valence-corrected chi connectivity index (χ3v) is 5.95. The number of nitrogens with zero attached hydrogens (tertiary/aromatic N) is 3. The molecule has 1 saturated heterocycles. The number of para-hydroxylation sites is 2. The summed E-state index contributed by atoms with van der Waals surface area (Å²) in [6.07, 6.45) is 3.75. The second-order valence-electron chi connectivity index (χ2n) is 7.45. The van der Waals surface area contributed by atoms with Crippen molar-refractivity contribution in [3.05, 3.63) is 108 Å². The lowest BCUT2D eigenvalue weighted by Gasteiger charge is -2.29. The molecule has 0 saturated carbocycles. The summed E-state index contributed by atoms with van der Waals surface area (Å²) in [5.41, 5.74) is 3.60. The smallest absolute Gasteiger partial charge is 0.174 e. The molecule has 1 N–H and O–H groups in total. The summed E-state index contributed by atoms with van der Waals surface area (Å²) in [6.45, 7) is 0. The Labute approximate surface area is 191 Å². The third-order valence-electron chi connectivity index (χ3n) is 5.63. The lowest BCUT2D eigenvalue weighted by molar-refractivity contribution is 0.414. The second-order valence-corrected chi connectivity index (χ2v) is 7.83. The molecule has 0 amide bonds. The number of rotatable bonds is 5. The van der Waals surface area contributed by atoms with Crippen LogP contribution in [0.3, 0.4) is 0 Å². The van der Waals surface area contributed by atoms with Crippen LogP contribution in [0.25, 0.3) is 5.69 Å². The Bertz CT molecular complexity index is 1240. The summed E-state index contributed by atoms with van der Waals surface area (Å²) in [5.74, 6) is 0.455. The monoisotopic (exact) mass is 444 g/mol. The molecule has 1 aliphatic rings. The Morgan fingerprint density at radius 2 is 1.75 bits per heavy atom. The van der Waals surface area contributed by atoms with Crippen molar-refractivity contribution in [2.75, 3.05) is 12.0 Å². The zero-order valence-corrected chi connectivity index (χ0v) is 18.2. The van der Waals surface area contributed by atoms with Gasteiger partial charge in [0.1, 0.15) is 17.6 Å². The van der Waals surface area contributed by atoms with Crippen LogP contribution in [0, 0.1) is 5.82 Å². The van der Waals surface area contributed by atoms with Gasteiger partial charge in [0.25, 0.3) is 0 Å². The number of thiocarbonyl (C=S) groups is 1. The van der Waals surface area contributed by atoms with Crippen LogP contribution in [0.15, 0.2) is 91.3 Å². The molecule has 2 atom stereocenters. The van der Waals surface area contributed by atoms with E-state index in [2.05, 4.69) is 25.8 Å². The van der Waals surface area contributed by atoms with E-state index in [0.29, 0.717) is 5.11 Å². The fourth-order valence-electron chi connectivity index (χ4n) is 4.22. The first-order valence-electron chi connectivity index (χ1n) is 10.2. The van der Waals surface area contributed by atoms with Gasteiger partial charge >= 0.3 is 0 Å². The SMILES string of the molecule is COc1ccccc1N1C(=S)N[C@H](c2ccccn2)[C@H]1c1cccn1-c1ccc(F)cc1. The molecule has 160 valence electrons. The average molecular weight is 445 g/mol. The number of halogens is 1. The third kappa shape index (κ3) is 3.50. The molecule has 2 aromatic heterocycles. The highest BCUT2D eigenvalue weighted by Crippen LogP contribution is 2.44. The van der Waals surface area contributed by atoms with Gasteiger partial charge in [0.05, 0.1) is 24.5 Å². The van der Waals surface area contributed by atoms with E-state index in [1.807, 2.05) is 54.7 Å². The van der Waals surface area contributed by atoms with E-state index in [1.165, 1.54) is 12.1 Å². The van der Waals surface area contributed by atoms with Crippen molar-refractivity contribution in [3.8, 4) is 11.4 Å². The van der Waals surface area contributed by atoms with Gasteiger partial charge in [-0.05, 0) is 72.9 Å². The van der Waals surface area contributed by atoms with Gasteiger partial charge in [-0.2, -0.15) is 0 Å². The van der Waals surface area contributed by atoms with Crippen LogP contribution in [-0.4, -0.2) is 21.8 Å². The molecule has 0 spiro atoms. The number of methoxy groups -OCH3 is 1. The molecule has 5 rings (SSSR count). The van der Waals surface area contributed by atoms with Crippen molar-refractivity contribution < 1.29 is 9.13 Å².